The van der Waals surface area contributed by atoms with Gasteiger partial charge in [0.1, 0.15) is 5.82 Å². The average Bonchev–Trinajstić information content (AvgIpc) is 2.98. The Morgan fingerprint density at radius 1 is 1.07 bits per heavy atom. The Balaban J connectivity index is 1.47. The molecule has 1 amide bonds. The molecule has 1 aliphatic heterocycles. The number of carbonyl (C=O) groups is 1. The van der Waals surface area contributed by atoms with Gasteiger partial charge in [0.05, 0.1) is 17.7 Å². The molecule has 0 bridgehead atoms. The lowest BCUT2D eigenvalue weighted by Crippen LogP contribution is -2.46. The Bertz CT molecular complexity index is 845. The molecule has 0 spiro atoms. The lowest BCUT2D eigenvalue weighted by atomic mass is 10.1. The molecule has 29 heavy (non-hydrogen) atoms. The minimum atomic E-state index is -0.274. The monoisotopic (exact) mass is 394 g/mol. The van der Waals surface area contributed by atoms with E-state index in [1.165, 1.54) is 17.7 Å². The molecule has 1 heterocycles. The molecule has 1 unspecified atom stereocenters. The van der Waals surface area contributed by atoms with E-state index >= 15 is 0 Å². The quantitative estimate of drug-likeness (QED) is 0.819. The summed E-state index contributed by atoms with van der Waals surface area (Å²) in [7, 11) is 0. The van der Waals surface area contributed by atoms with Gasteiger partial charge in [-0.05, 0) is 55.3 Å². The van der Waals surface area contributed by atoms with Crippen molar-refractivity contribution >= 4 is 5.91 Å². The highest BCUT2D eigenvalue weighted by atomic mass is 19.1. The van der Waals surface area contributed by atoms with Crippen LogP contribution in [0.5, 0.6) is 0 Å². The molecule has 1 atom stereocenters. The highest BCUT2D eigenvalue weighted by Gasteiger charge is 2.23. The second kappa shape index (κ2) is 10.1. The number of nitriles is 1. The molecule has 0 radical (unpaired) electrons. The van der Waals surface area contributed by atoms with Crippen molar-refractivity contribution in [2.75, 3.05) is 26.2 Å². The third-order valence-corrected chi connectivity index (χ3v) is 5.42. The van der Waals surface area contributed by atoms with Gasteiger partial charge in [-0.2, -0.15) is 5.26 Å². The van der Waals surface area contributed by atoms with E-state index in [9.17, 15) is 9.18 Å². The van der Waals surface area contributed by atoms with Crippen LogP contribution in [0.3, 0.4) is 0 Å². The van der Waals surface area contributed by atoms with E-state index in [0.29, 0.717) is 12.1 Å². The van der Waals surface area contributed by atoms with Crippen LogP contribution in [0.1, 0.15) is 30.0 Å². The minimum absolute atomic E-state index is 0.00475. The zero-order chi connectivity index (χ0) is 20.6. The number of carbonyl (C=O) groups excluding carboxylic acids is 1. The normalized spacial score (nSPS) is 16.6. The summed E-state index contributed by atoms with van der Waals surface area (Å²) < 4.78 is 13.0. The first-order valence-electron chi connectivity index (χ1n) is 10.0. The van der Waals surface area contributed by atoms with E-state index in [2.05, 4.69) is 21.2 Å². The maximum atomic E-state index is 13.0. The van der Waals surface area contributed by atoms with Crippen molar-refractivity contribution in [3.8, 4) is 6.07 Å². The molecule has 0 saturated carbocycles. The number of benzene rings is 2. The fourth-order valence-corrected chi connectivity index (χ4v) is 3.58. The van der Waals surface area contributed by atoms with Gasteiger partial charge < -0.3 is 5.32 Å². The van der Waals surface area contributed by atoms with Crippen molar-refractivity contribution in [2.24, 2.45) is 0 Å². The average molecular weight is 394 g/mol. The lowest BCUT2D eigenvalue weighted by Gasteiger charge is -2.27. The number of hydrogen-bond donors (Lipinski definition) is 1. The van der Waals surface area contributed by atoms with Crippen LogP contribution < -0.4 is 5.32 Å². The Morgan fingerprint density at radius 2 is 1.76 bits per heavy atom. The standard InChI is InChI=1S/C23H27FN4O/c1-18(23(29)26-16-20-7-9-22(24)10-8-20)28-12-2-11-27(13-14-28)17-21-5-3-19(15-25)4-6-21/h3-10,18H,2,11-14,16-17H2,1H3,(H,26,29). The van der Waals surface area contributed by atoms with Crippen LogP contribution in [0.25, 0.3) is 0 Å². The molecule has 6 heteroatoms. The Hall–Kier alpha value is -2.75. The molecule has 0 aliphatic carbocycles. The van der Waals surface area contributed by atoms with Crippen LogP contribution in [0, 0.1) is 17.1 Å². The maximum Gasteiger partial charge on any atom is 0.237 e. The van der Waals surface area contributed by atoms with Gasteiger partial charge in [-0.25, -0.2) is 4.39 Å². The Morgan fingerprint density at radius 3 is 2.45 bits per heavy atom. The summed E-state index contributed by atoms with van der Waals surface area (Å²) in [4.78, 5) is 17.2. The predicted octanol–water partition coefficient (Wildman–Crippen LogP) is 2.91. The zero-order valence-electron chi connectivity index (χ0n) is 16.8. The van der Waals surface area contributed by atoms with E-state index in [0.717, 1.165) is 44.7 Å². The molecular formula is C23H27FN4O. The number of hydrogen-bond acceptors (Lipinski definition) is 4. The largest absolute Gasteiger partial charge is 0.351 e. The number of rotatable bonds is 6. The summed E-state index contributed by atoms with van der Waals surface area (Å²) in [6.07, 6.45) is 1.01. The highest BCUT2D eigenvalue weighted by molar-refractivity contribution is 5.81. The van der Waals surface area contributed by atoms with Crippen molar-refractivity contribution in [1.29, 1.82) is 5.26 Å². The minimum Gasteiger partial charge on any atom is -0.351 e. The van der Waals surface area contributed by atoms with E-state index in [1.54, 1.807) is 12.1 Å². The van der Waals surface area contributed by atoms with E-state index in [1.807, 2.05) is 31.2 Å². The number of amides is 1. The molecule has 1 aliphatic rings. The van der Waals surface area contributed by atoms with E-state index < -0.39 is 0 Å². The predicted molar refractivity (Wildman–Crippen MR) is 110 cm³/mol. The third kappa shape index (κ3) is 6.11. The maximum absolute atomic E-state index is 13.0. The topological polar surface area (TPSA) is 59.4 Å². The first-order valence-corrected chi connectivity index (χ1v) is 10.0. The van der Waals surface area contributed by atoms with Crippen LogP contribution in [-0.2, 0) is 17.9 Å². The van der Waals surface area contributed by atoms with Gasteiger partial charge >= 0.3 is 0 Å². The van der Waals surface area contributed by atoms with Crippen LogP contribution in [0.15, 0.2) is 48.5 Å². The summed E-state index contributed by atoms with van der Waals surface area (Å²) in [6, 6.07) is 15.8. The van der Waals surface area contributed by atoms with Gasteiger partial charge in [-0.15, -0.1) is 0 Å². The first kappa shape index (κ1) is 21.0. The number of halogens is 1. The molecule has 5 nitrogen and oxygen atoms in total. The van der Waals surface area contributed by atoms with Crippen LogP contribution >= 0.6 is 0 Å². The number of nitrogens with one attached hydrogen (secondary N) is 1. The summed E-state index contributed by atoms with van der Waals surface area (Å²) in [5, 5.41) is 11.9. The second-order valence-electron chi connectivity index (χ2n) is 7.49. The Kier molecular flexibility index (Phi) is 7.34. The van der Waals surface area contributed by atoms with Crippen LogP contribution in [-0.4, -0.2) is 47.9 Å². The first-order chi connectivity index (χ1) is 14.0. The van der Waals surface area contributed by atoms with Crippen molar-refractivity contribution in [2.45, 2.75) is 32.5 Å². The summed E-state index contributed by atoms with van der Waals surface area (Å²) >= 11 is 0. The zero-order valence-corrected chi connectivity index (χ0v) is 16.8. The fourth-order valence-electron chi connectivity index (χ4n) is 3.58. The number of nitrogens with zero attached hydrogens (tertiary/aromatic N) is 3. The molecule has 2 aromatic carbocycles. The summed E-state index contributed by atoms with van der Waals surface area (Å²) in [6.45, 7) is 6.80. The molecule has 1 saturated heterocycles. The van der Waals surface area contributed by atoms with Crippen molar-refractivity contribution in [3.05, 3.63) is 71.0 Å². The van der Waals surface area contributed by atoms with Crippen LogP contribution in [0.2, 0.25) is 0 Å². The molecule has 3 rings (SSSR count). The van der Waals surface area contributed by atoms with E-state index in [4.69, 9.17) is 5.26 Å². The Labute approximate surface area is 171 Å². The smallest absolute Gasteiger partial charge is 0.237 e. The SMILES string of the molecule is CC(C(=O)NCc1ccc(F)cc1)N1CCCN(Cc2ccc(C#N)cc2)CC1. The van der Waals surface area contributed by atoms with Gasteiger partial charge in [0.15, 0.2) is 0 Å². The third-order valence-electron chi connectivity index (χ3n) is 5.42. The molecule has 1 N–H and O–H groups in total. The fraction of sp³-hybridized carbons (Fsp3) is 0.391. The molecule has 2 aromatic rings. The van der Waals surface area contributed by atoms with Crippen molar-refractivity contribution in [1.82, 2.24) is 15.1 Å². The lowest BCUT2D eigenvalue weighted by molar-refractivity contribution is -0.126. The van der Waals surface area contributed by atoms with Gasteiger partial charge in [-0.3, -0.25) is 14.6 Å². The van der Waals surface area contributed by atoms with Crippen LogP contribution in [0.4, 0.5) is 4.39 Å². The van der Waals surface area contributed by atoms with Crippen molar-refractivity contribution in [3.63, 3.8) is 0 Å². The summed E-state index contributed by atoms with van der Waals surface area (Å²) in [5.74, 6) is -0.279. The van der Waals surface area contributed by atoms with Crippen molar-refractivity contribution < 1.29 is 9.18 Å². The molecular weight excluding hydrogens is 367 g/mol. The molecule has 0 aromatic heterocycles. The molecule has 1 fully saturated rings. The van der Waals surface area contributed by atoms with E-state index in [-0.39, 0.29) is 17.8 Å². The molecule has 152 valence electrons. The van der Waals surface area contributed by atoms with Gasteiger partial charge in [0.2, 0.25) is 5.91 Å². The highest BCUT2D eigenvalue weighted by Crippen LogP contribution is 2.12. The second-order valence-corrected chi connectivity index (χ2v) is 7.49. The van der Waals surface area contributed by atoms with Gasteiger partial charge in [0.25, 0.3) is 0 Å². The van der Waals surface area contributed by atoms with Gasteiger partial charge in [-0.1, -0.05) is 24.3 Å². The van der Waals surface area contributed by atoms with Gasteiger partial charge in [0, 0.05) is 32.7 Å². The summed E-state index contributed by atoms with van der Waals surface area (Å²) in [5.41, 5.74) is 2.76.